The number of hydrogen-bond donors (Lipinski definition) is 0. The molecule has 78 valence electrons. The minimum absolute atomic E-state index is 0.680. The van der Waals surface area contributed by atoms with E-state index in [4.69, 9.17) is 0 Å². The quantitative estimate of drug-likeness (QED) is 0.683. The second-order valence-electron chi connectivity index (χ2n) is 3.81. The Morgan fingerprint density at radius 1 is 1.47 bits per heavy atom. The van der Waals surface area contributed by atoms with Crippen molar-refractivity contribution in [1.82, 2.24) is 9.88 Å². The summed E-state index contributed by atoms with van der Waals surface area (Å²) in [6.45, 7) is 3.52. The maximum Gasteiger partial charge on any atom is 0.210 e. The van der Waals surface area contributed by atoms with E-state index in [2.05, 4.69) is 11.1 Å². The number of pyridine rings is 1. The molecule has 0 atom stereocenters. The van der Waals surface area contributed by atoms with Crippen LogP contribution in [0.25, 0.3) is 5.57 Å². The van der Waals surface area contributed by atoms with Crippen molar-refractivity contribution in [2.24, 2.45) is 0 Å². The number of rotatable bonds is 2. The molecule has 1 aromatic heterocycles. The molecule has 1 aliphatic heterocycles. The second-order valence-corrected chi connectivity index (χ2v) is 3.81. The molecule has 0 aromatic carbocycles. The topological polar surface area (TPSA) is 33.2 Å². The SMILES string of the molecule is Cc1ccc(C2=CCCN(C=O)C2)nc1. The third-order valence-electron chi connectivity index (χ3n) is 2.57. The highest BCUT2D eigenvalue weighted by Crippen LogP contribution is 2.18. The molecule has 0 saturated carbocycles. The van der Waals surface area contributed by atoms with E-state index >= 15 is 0 Å². The largest absolute Gasteiger partial charge is 0.341 e. The Morgan fingerprint density at radius 2 is 2.33 bits per heavy atom. The normalized spacial score (nSPS) is 16.1. The summed E-state index contributed by atoms with van der Waals surface area (Å²) in [6.07, 6.45) is 5.85. The van der Waals surface area contributed by atoms with Gasteiger partial charge in [0.25, 0.3) is 0 Å². The van der Waals surface area contributed by atoms with Crippen molar-refractivity contribution < 1.29 is 4.79 Å². The fourth-order valence-electron chi connectivity index (χ4n) is 1.70. The van der Waals surface area contributed by atoms with Gasteiger partial charge >= 0.3 is 0 Å². The Morgan fingerprint density at radius 3 is 3.00 bits per heavy atom. The molecular formula is C12H14N2O. The molecule has 15 heavy (non-hydrogen) atoms. The summed E-state index contributed by atoms with van der Waals surface area (Å²) in [5, 5.41) is 0. The molecule has 0 N–H and O–H groups in total. The summed E-state index contributed by atoms with van der Waals surface area (Å²) in [5.41, 5.74) is 3.28. The van der Waals surface area contributed by atoms with E-state index < -0.39 is 0 Å². The van der Waals surface area contributed by atoms with E-state index in [1.165, 1.54) is 0 Å². The van der Waals surface area contributed by atoms with Crippen molar-refractivity contribution in [1.29, 1.82) is 0 Å². The lowest BCUT2D eigenvalue weighted by molar-refractivity contribution is -0.117. The standard InChI is InChI=1S/C12H14N2O/c1-10-4-5-12(13-7-10)11-3-2-6-14(8-11)9-15/h3-5,7,9H,2,6,8H2,1H3. The highest BCUT2D eigenvalue weighted by molar-refractivity contribution is 5.67. The van der Waals surface area contributed by atoms with Gasteiger partial charge in [-0.05, 0) is 30.5 Å². The molecule has 3 heteroatoms. The monoisotopic (exact) mass is 202 g/mol. The molecule has 1 amide bonds. The predicted octanol–water partition coefficient (Wildman–Crippen LogP) is 1.64. The average Bonchev–Trinajstić information content (AvgIpc) is 2.30. The van der Waals surface area contributed by atoms with Crippen LogP contribution in [-0.2, 0) is 4.79 Å². The Bertz CT molecular complexity index is 381. The van der Waals surface area contributed by atoms with Gasteiger partial charge in [-0.3, -0.25) is 9.78 Å². The summed E-state index contributed by atoms with van der Waals surface area (Å²) in [5.74, 6) is 0. The van der Waals surface area contributed by atoms with Crippen molar-refractivity contribution in [3.8, 4) is 0 Å². The van der Waals surface area contributed by atoms with Gasteiger partial charge in [-0.15, -0.1) is 0 Å². The molecule has 0 spiro atoms. The van der Waals surface area contributed by atoms with E-state index in [1.807, 2.05) is 25.3 Å². The van der Waals surface area contributed by atoms with Gasteiger partial charge in [0.05, 0.1) is 5.69 Å². The molecular weight excluding hydrogens is 188 g/mol. The van der Waals surface area contributed by atoms with Crippen molar-refractivity contribution in [2.75, 3.05) is 13.1 Å². The molecule has 3 nitrogen and oxygen atoms in total. The Hall–Kier alpha value is -1.64. The van der Waals surface area contributed by atoms with Crippen LogP contribution in [-0.4, -0.2) is 29.4 Å². The summed E-state index contributed by atoms with van der Waals surface area (Å²) in [6, 6.07) is 4.05. The number of amides is 1. The van der Waals surface area contributed by atoms with Crippen LogP contribution in [0.1, 0.15) is 17.7 Å². The van der Waals surface area contributed by atoms with E-state index in [0.29, 0.717) is 6.54 Å². The summed E-state index contributed by atoms with van der Waals surface area (Å²) in [4.78, 5) is 16.8. The maximum absolute atomic E-state index is 10.7. The number of aromatic nitrogens is 1. The second kappa shape index (κ2) is 4.26. The van der Waals surface area contributed by atoms with Crippen LogP contribution in [0.4, 0.5) is 0 Å². The lowest BCUT2D eigenvalue weighted by Crippen LogP contribution is -2.28. The summed E-state index contributed by atoms with van der Waals surface area (Å²) >= 11 is 0. The molecule has 1 aromatic rings. The summed E-state index contributed by atoms with van der Waals surface area (Å²) in [7, 11) is 0. The fraction of sp³-hybridized carbons (Fsp3) is 0.333. The zero-order valence-corrected chi connectivity index (χ0v) is 8.81. The maximum atomic E-state index is 10.7. The van der Waals surface area contributed by atoms with Crippen molar-refractivity contribution in [3.63, 3.8) is 0 Å². The van der Waals surface area contributed by atoms with Crippen LogP contribution in [0.3, 0.4) is 0 Å². The van der Waals surface area contributed by atoms with Gasteiger partial charge < -0.3 is 4.90 Å². The number of nitrogens with zero attached hydrogens (tertiary/aromatic N) is 2. The van der Waals surface area contributed by atoms with E-state index in [-0.39, 0.29) is 0 Å². The van der Waals surface area contributed by atoms with Gasteiger partial charge in [-0.1, -0.05) is 12.1 Å². The van der Waals surface area contributed by atoms with Crippen LogP contribution in [0.2, 0.25) is 0 Å². The number of carbonyl (C=O) groups is 1. The number of hydrogen-bond acceptors (Lipinski definition) is 2. The Kier molecular flexibility index (Phi) is 2.81. The number of carbonyl (C=O) groups excluding carboxylic acids is 1. The van der Waals surface area contributed by atoms with Crippen LogP contribution in [0, 0.1) is 6.92 Å². The lowest BCUT2D eigenvalue weighted by Gasteiger charge is -2.22. The zero-order valence-electron chi connectivity index (χ0n) is 8.81. The molecule has 0 bridgehead atoms. The van der Waals surface area contributed by atoms with E-state index in [1.54, 1.807) is 4.90 Å². The minimum Gasteiger partial charge on any atom is -0.341 e. The molecule has 0 radical (unpaired) electrons. The van der Waals surface area contributed by atoms with Gasteiger partial charge in [-0.25, -0.2) is 0 Å². The first-order chi connectivity index (χ1) is 7.29. The third kappa shape index (κ3) is 2.24. The van der Waals surface area contributed by atoms with Gasteiger partial charge in [0, 0.05) is 19.3 Å². The van der Waals surface area contributed by atoms with Crippen molar-refractivity contribution in [3.05, 3.63) is 35.7 Å². The van der Waals surface area contributed by atoms with Crippen LogP contribution < -0.4 is 0 Å². The molecule has 1 aliphatic rings. The van der Waals surface area contributed by atoms with Crippen molar-refractivity contribution in [2.45, 2.75) is 13.3 Å². The molecule has 2 rings (SSSR count). The lowest BCUT2D eigenvalue weighted by atomic mass is 10.1. The van der Waals surface area contributed by atoms with E-state index in [9.17, 15) is 4.79 Å². The van der Waals surface area contributed by atoms with Gasteiger partial charge in [0.1, 0.15) is 0 Å². The Labute approximate surface area is 89.4 Å². The van der Waals surface area contributed by atoms with Gasteiger partial charge in [0.2, 0.25) is 6.41 Å². The minimum atomic E-state index is 0.680. The van der Waals surface area contributed by atoms with Crippen LogP contribution in [0.15, 0.2) is 24.4 Å². The summed E-state index contributed by atoms with van der Waals surface area (Å²) < 4.78 is 0. The Balaban J connectivity index is 2.20. The fourth-order valence-corrected chi connectivity index (χ4v) is 1.70. The van der Waals surface area contributed by atoms with E-state index in [0.717, 1.165) is 36.2 Å². The molecule has 2 heterocycles. The molecule has 0 unspecified atom stereocenters. The third-order valence-corrected chi connectivity index (χ3v) is 2.57. The van der Waals surface area contributed by atoms with Crippen LogP contribution in [0.5, 0.6) is 0 Å². The van der Waals surface area contributed by atoms with Gasteiger partial charge in [0.15, 0.2) is 0 Å². The first-order valence-electron chi connectivity index (χ1n) is 5.11. The first-order valence-corrected chi connectivity index (χ1v) is 5.11. The highest BCUT2D eigenvalue weighted by atomic mass is 16.1. The number of aryl methyl sites for hydroxylation is 1. The predicted molar refractivity (Wildman–Crippen MR) is 59.2 cm³/mol. The highest BCUT2D eigenvalue weighted by Gasteiger charge is 2.12. The van der Waals surface area contributed by atoms with Crippen molar-refractivity contribution >= 4 is 12.0 Å². The molecule has 0 saturated heterocycles. The first kappa shape index (κ1) is 9.90. The van der Waals surface area contributed by atoms with Crippen LogP contribution >= 0.6 is 0 Å². The zero-order chi connectivity index (χ0) is 10.7. The van der Waals surface area contributed by atoms with Gasteiger partial charge in [-0.2, -0.15) is 0 Å². The molecule has 0 fully saturated rings. The molecule has 0 aliphatic carbocycles. The smallest absolute Gasteiger partial charge is 0.210 e. The average molecular weight is 202 g/mol.